The molecule has 2 N–H and O–H groups in total. The Hall–Kier alpha value is -3.23. The lowest BCUT2D eigenvalue weighted by molar-refractivity contribution is -0.138. The zero-order valence-corrected chi connectivity index (χ0v) is 18.7. The van der Waals surface area contributed by atoms with E-state index in [2.05, 4.69) is 4.99 Å². The number of benzene rings is 2. The maximum Gasteiger partial charge on any atom is 0.344 e. The molecule has 0 spiro atoms. The van der Waals surface area contributed by atoms with Crippen LogP contribution in [0.1, 0.15) is 19.4 Å². The molecule has 0 bridgehead atoms. The zero-order valence-electron chi connectivity index (χ0n) is 17.9. The lowest BCUT2D eigenvalue weighted by Gasteiger charge is -2.08. The second-order valence-electron chi connectivity index (χ2n) is 6.58. The topological polar surface area (TPSA) is 97.6 Å². The molecule has 168 valence electrons. The number of phenolic OH excluding ortho intramolecular Hbond substituents is 1. The third-order valence-electron chi connectivity index (χ3n) is 4.33. The van der Waals surface area contributed by atoms with Crippen molar-refractivity contribution in [1.29, 1.82) is 0 Å². The highest BCUT2D eigenvalue weighted by Crippen LogP contribution is 2.40. The van der Waals surface area contributed by atoms with Gasteiger partial charge in [-0.2, -0.15) is 0 Å². The first-order chi connectivity index (χ1) is 15.5. The van der Waals surface area contributed by atoms with Crippen molar-refractivity contribution >= 4 is 34.5 Å². The molecule has 2 aromatic carbocycles. The molecule has 0 aliphatic carbocycles. The summed E-state index contributed by atoms with van der Waals surface area (Å²) in [5, 5.41) is 21.4. The first-order valence-electron chi connectivity index (χ1n) is 10.2. The van der Waals surface area contributed by atoms with Crippen LogP contribution in [0.3, 0.4) is 0 Å². The van der Waals surface area contributed by atoms with Crippen LogP contribution < -0.4 is 4.74 Å². The minimum atomic E-state index is -0.642. The van der Waals surface area contributed by atoms with Gasteiger partial charge in [0.1, 0.15) is 23.0 Å². The second kappa shape index (κ2) is 11.4. The van der Waals surface area contributed by atoms with Crippen LogP contribution in [0, 0.1) is 0 Å². The summed E-state index contributed by atoms with van der Waals surface area (Å²) in [5.74, 6) is -0.550. The molecule has 0 aromatic heterocycles. The number of nitrogens with zero attached hydrogens (tertiary/aromatic N) is 1. The van der Waals surface area contributed by atoms with E-state index in [1.165, 1.54) is 6.07 Å². The fourth-order valence-electron chi connectivity index (χ4n) is 2.86. The number of ether oxygens (including phenoxy) is 3. The van der Waals surface area contributed by atoms with Gasteiger partial charge in [-0.1, -0.05) is 36.0 Å². The minimum Gasteiger partial charge on any atom is -0.506 e. The SMILES string of the molecule is CCOCCOc1ccc(/C=C2\SC(=Nc3ccccc3)C(C(=O)OCC)=C2O)cc1O. The number of phenols is 1. The average molecular weight is 456 g/mol. The van der Waals surface area contributed by atoms with Gasteiger partial charge < -0.3 is 24.4 Å². The Kier molecular flexibility index (Phi) is 8.35. The number of aliphatic imine (C=N–C) groups is 1. The number of hydrogen-bond donors (Lipinski definition) is 2. The number of carbonyl (C=O) groups excluding carboxylic acids is 1. The number of aliphatic hydroxyl groups is 1. The first kappa shape index (κ1) is 23.4. The molecule has 0 atom stereocenters. The maximum atomic E-state index is 12.5. The molecular formula is C24H25NO6S. The van der Waals surface area contributed by atoms with Crippen molar-refractivity contribution in [2.45, 2.75) is 13.8 Å². The second-order valence-corrected chi connectivity index (χ2v) is 7.61. The summed E-state index contributed by atoms with van der Waals surface area (Å²) >= 11 is 1.16. The molecule has 0 saturated heterocycles. The summed E-state index contributed by atoms with van der Waals surface area (Å²) in [5.41, 5.74) is 1.29. The number of aromatic hydroxyl groups is 1. The lowest BCUT2D eigenvalue weighted by atomic mass is 10.1. The quantitative estimate of drug-likeness (QED) is 0.406. The molecule has 1 heterocycles. The van der Waals surface area contributed by atoms with Gasteiger partial charge in [0, 0.05) is 6.61 Å². The van der Waals surface area contributed by atoms with Crippen LogP contribution in [0.4, 0.5) is 5.69 Å². The number of thioether (sulfide) groups is 1. The van der Waals surface area contributed by atoms with E-state index in [0.717, 1.165) is 11.8 Å². The first-order valence-corrected chi connectivity index (χ1v) is 11.0. The van der Waals surface area contributed by atoms with Gasteiger partial charge in [-0.15, -0.1) is 0 Å². The average Bonchev–Trinajstić information content (AvgIpc) is 3.08. The Morgan fingerprint density at radius 2 is 1.84 bits per heavy atom. The standard InChI is InChI=1S/C24H25NO6S/c1-3-29-12-13-31-19-11-10-16(14-18(19)26)15-20-22(27)21(24(28)30-4-2)23(32-20)25-17-8-6-5-7-9-17/h5-11,14-15,26-27H,3-4,12-13H2,1-2H3/b20-15-,25-23?. The Balaban J connectivity index is 1.87. The molecule has 1 aliphatic rings. The normalized spacial score (nSPS) is 16.1. The van der Waals surface area contributed by atoms with Crippen molar-refractivity contribution in [3.8, 4) is 11.5 Å². The number of esters is 1. The molecule has 7 nitrogen and oxygen atoms in total. The van der Waals surface area contributed by atoms with Crippen LogP contribution in [-0.4, -0.2) is 47.7 Å². The van der Waals surface area contributed by atoms with Crippen LogP contribution in [0.2, 0.25) is 0 Å². The molecule has 1 aliphatic heterocycles. The van der Waals surface area contributed by atoms with Gasteiger partial charge in [-0.05, 0) is 49.8 Å². The van der Waals surface area contributed by atoms with Crippen molar-refractivity contribution < 1.29 is 29.2 Å². The summed E-state index contributed by atoms with van der Waals surface area (Å²) in [6.45, 7) is 5.12. The molecule has 0 radical (unpaired) electrons. The van der Waals surface area contributed by atoms with E-state index < -0.39 is 5.97 Å². The largest absolute Gasteiger partial charge is 0.506 e. The summed E-state index contributed by atoms with van der Waals surface area (Å²) in [6, 6.07) is 14.1. The number of para-hydroxylation sites is 1. The molecule has 0 fully saturated rings. The molecule has 2 aromatic rings. The summed E-state index contributed by atoms with van der Waals surface area (Å²) in [4.78, 5) is 17.4. The number of carbonyl (C=O) groups is 1. The van der Waals surface area contributed by atoms with E-state index in [4.69, 9.17) is 14.2 Å². The van der Waals surface area contributed by atoms with E-state index in [1.54, 1.807) is 37.3 Å². The Labute approximate surface area is 191 Å². The highest BCUT2D eigenvalue weighted by atomic mass is 32.2. The number of rotatable bonds is 9. The van der Waals surface area contributed by atoms with Crippen molar-refractivity contribution in [3.05, 3.63) is 70.3 Å². The molecule has 0 amide bonds. The van der Waals surface area contributed by atoms with Crippen molar-refractivity contribution in [2.75, 3.05) is 26.4 Å². The van der Waals surface area contributed by atoms with Gasteiger partial charge in [0.05, 0.1) is 23.8 Å². The molecule has 32 heavy (non-hydrogen) atoms. The van der Waals surface area contributed by atoms with Crippen LogP contribution in [-0.2, 0) is 14.3 Å². The minimum absolute atomic E-state index is 0.0204. The molecular weight excluding hydrogens is 430 g/mol. The van der Waals surface area contributed by atoms with Crippen molar-refractivity contribution in [2.24, 2.45) is 4.99 Å². The van der Waals surface area contributed by atoms with Crippen LogP contribution in [0.15, 0.2) is 69.8 Å². The molecule has 0 saturated carbocycles. The van der Waals surface area contributed by atoms with E-state index in [-0.39, 0.29) is 23.7 Å². The monoisotopic (exact) mass is 455 g/mol. The predicted molar refractivity (Wildman–Crippen MR) is 125 cm³/mol. The van der Waals surface area contributed by atoms with Crippen molar-refractivity contribution in [1.82, 2.24) is 0 Å². The van der Waals surface area contributed by atoms with Gasteiger partial charge in [0.15, 0.2) is 11.5 Å². The van der Waals surface area contributed by atoms with E-state index in [0.29, 0.717) is 46.8 Å². The summed E-state index contributed by atoms with van der Waals surface area (Å²) < 4.78 is 15.8. The lowest BCUT2D eigenvalue weighted by Crippen LogP contribution is -2.12. The Morgan fingerprint density at radius 3 is 2.53 bits per heavy atom. The van der Waals surface area contributed by atoms with Crippen molar-refractivity contribution in [3.63, 3.8) is 0 Å². The third-order valence-corrected chi connectivity index (χ3v) is 5.35. The predicted octanol–water partition coefficient (Wildman–Crippen LogP) is 5.00. The molecule has 3 rings (SSSR count). The fraction of sp³-hybridized carbons (Fsp3) is 0.250. The Morgan fingerprint density at radius 1 is 1.06 bits per heavy atom. The zero-order chi connectivity index (χ0) is 22.9. The van der Waals surface area contributed by atoms with Gasteiger partial charge in [-0.25, -0.2) is 9.79 Å². The summed E-state index contributed by atoms with van der Waals surface area (Å²) in [7, 11) is 0. The highest BCUT2D eigenvalue weighted by molar-refractivity contribution is 8.18. The smallest absolute Gasteiger partial charge is 0.344 e. The van der Waals surface area contributed by atoms with E-state index >= 15 is 0 Å². The third kappa shape index (κ3) is 5.93. The number of hydrogen-bond acceptors (Lipinski definition) is 8. The van der Waals surface area contributed by atoms with Gasteiger partial charge >= 0.3 is 5.97 Å². The Bertz CT molecular complexity index is 1050. The van der Waals surface area contributed by atoms with Gasteiger partial charge in [0.25, 0.3) is 0 Å². The van der Waals surface area contributed by atoms with Crippen LogP contribution in [0.5, 0.6) is 11.5 Å². The fourth-order valence-corrected chi connectivity index (χ4v) is 3.90. The number of aliphatic hydroxyl groups excluding tert-OH is 1. The van der Waals surface area contributed by atoms with E-state index in [1.807, 2.05) is 25.1 Å². The van der Waals surface area contributed by atoms with Gasteiger partial charge in [0.2, 0.25) is 0 Å². The molecule has 0 unspecified atom stereocenters. The van der Waals surface area contributed by atoms with Gasteiger partial charge in [-0.3, -0.25) is 0 Å². The van der Waals surface area contributed by atoms with Crippen LogP contribution >= 0.6 is 11.8 Å². The highest BCUT2D eigenvalue weighted by Gasteiger charge is 2.33. The van der Waals surface area contributed by atoms with E-state index in [9.17, 15) is 15.0 Å². The molecule has 8 heteroatoms. The summed E-state index contributed by atoms with van der Waals surface area (Å²) in [6.07, 6.45) is 1.66. The maximum absolute atomic E-state index is 12.5. The van der Waals surface area contributed by atoms with Crippen LogP contribution in [0.25, 0.3) is 6.08 Å².